The number of carboxylic acid groups (broad SMARTS) is 2. The summed E-state index contributed by atoms with van der Waals surface area (Å²) in [7, 11) is 0. The second-order valence-electron chi connectivity index (χ2n) is 3.49. The minimum Gasteiger partial charge on any atom is -0.481 e. The van der Waals surface area contributed by atoms with Crippen molar-refractivity contribution in [2.24, 2.45) is 0 Å². The SMILES string of the molecule is O=C(O)CS[C@@H](CC(=O)O)C(F)(F)C(F)(F)C(F)(F)F. The van der Waals surface area contributed by atoms with E-state index in [2.05, 4.69) is 0 Å². The molecular weight excluding hydrogens is 325 g/mol. The Morgan fingerprint density at radius 1 is 0.950 bits per heavy atom. The van der Waals surface area contributed by atoms with Gasteiger partial charge >= 0.3 is 30.0 Å². The fraction of sp³-hybridized carbons (Fsp3) is 0.750. The molecule has 4 nitrogen and oxygen atoms in total. The van der Waals surface area contributed by atoms with Crippen LogP contribution < -0.4 is 0 Å². The molecule has 118 valence electrons. The minimum absolute atomic E-state index is 0.502. The van der Waals surface area contributed by atoms with Crippen LogP contribution in [-0.4, -0.2) is 51.2 Å². The lowest BCUT2D eigenvalue weighted by Gasteiger charge is -2.32. The van der Waals surface area contributed by atoms with Crippen molar-refractivity contribution in [2.75, 3.05) is 5.75 Å². The Kier molecular flexibility index (Phi) is 5.69. The van der Waals surface area contributed by atoms with Gasteiger partial charge in [-0.3, -0.25) is 9.59 Å². The largest absolute Gasteiger partial charge is 0.481 e. The van der Waals surface area contributed by atoms with Crippen molar-refractivity contribution in [3.05, 3.63) is 0 Å². The molecular formula is C8H7F7O4S. The van der Waals surface area contributed by atoms with E-state index in [-0.39, 0.29) is 0 Å². The minimum atomic E-state index is -6.60. The molecule has 0 aromatic rings. The van der Waals surface area contributed by atoms with Crippen LogP contribution in [0.5, 0.6) is 0 Å². The first-order valence-corrected chi connectivity index (χ1v) is 5.66. The lowest BCUT2D eigenvalue weighted by molar-refractivity contribution is -0.354. The number of halogens is 7. The van der Waals surface area contributed by atoms with Crippen molar-refractivity contribution in [3.8, 4) is 0 Å². The highest BCUT2D eigenvalue weighted by molar-refractivity contribution is 8.00. The van der Waals surface area contributed by atoms with Gasteiger partial charge in [-0.05, 0) is 0 Å². The number of carboxylic acids is 2. The van der Waals surface area contributed by atoms with Gasteiger partial charge in [-0.2, -0.15) is 30.7 Å². The number of rotatable bonds is 7. The average molecular weight is 332 g/mol. The molecule has 0 aromatic heterocycles. The molecule has 0 unspecified atom stereocenters. The molecule has 0 aromatic carbocycles. The van der Waals surface area contributed by atoms with E-state index in [1.807, 2.05) is 0 Å². The molecule has 0 radical (unpaired) electrons. The lowest BCUT2D eigenvalue weighted by atomic mass is 10.1. The monoisotopic (exact) mass is 332 g/mol. The summed E-state index contributed by atoms with van der Waals surface area (Å²) in [5, 5.41) is 13.4. The highest BCUT2D eigenvalue weighted by atomic mass is 32.2. The fourth-order valence-electron chi connectivity index (χ4n) is 1.01. The Bertz CT molecular complexity index is 382. The van der Waals surface area contributed by atoms with Gasteiger partial charge in [0, 0.05) is 0 Å². The van der Waals surface area contributed by atoms with Crippen molar-refractivity contribution in [1.29, 1.82) is 0 Å². The van der Waals surface area contributed by atoms with E-state index in [1.165, 1.54) is 0 Å². The normalized spacial score (nSPS) is 14.9. The van der Waals surface area contributed by atoms with Crippen LogP contribution in [0.3, 0.4) is 0 Å². The molecule has 0 amide bonds. The summed E-state index contributed by atoms with van der Waals surface area (Å²) in [5.41, 5.74) is 0. The van der Waals surface area contributed by atoms with Crippen LogP contribution in [0.4, 0.5) is 30.7 Å². The summed E-state index contributed by atoms with van der Waals surface area (Å²) in [5.74, 6) is -17.3. The Hall–Kier alpha value is -1.20. The topological polar surface area (TPSA) is 74.6 Å². The van der Waals surface area contributed by atoms with Gasteiger partial charge in [0.05, 0.1) is 17.4 Å². The number of alkyl halides is 7. The number of hydrogen-bond acceptors (Lipinski definition) is 3. The smallest absolute Gasteiger partial charge is 0.459 e. The van der Waals surface area contributed by atoms with E-state index in [0.717, 1.165) is 0 Å². The fourth-order valence-corrected chi connectivity index (χ4v) is 1.97. The van der Waals surface area contributed by atoms with Crippen LogP contribution >= 0.6 is 11.8 Å². The summed E-state index contributed by atoms with van der Waals surface area (Å²) in [6.07, 6.45) is -8.35. The van der Waals surface area contributed by atoms with Crippen LogP contribution in [0.2, 0.25) is 0 Å². The molecule has 0 heterocycles. The summed E-state index contributed by atoms with van der Waals surface area (Å²) in [6, 6.07) is 0. The van der Waals surface area contributed by atoms with E-state index in [9.17, 15) is 40.3 Å². The Morgan fingerprint density at radius 3 is 1.70 bits per heavy atom. The Morgan fingerprint density at radius 2 is 1.40 bits per heavy atom. The van der Waals surface area contributed by atoms with Gasteiger partial charge in [0.25, 0.3) is 0 Å². The van der Waals surface area contributed by atoms with Gasteiger partial charge in [0.2, 0.25) is 0 Å². The number of hydrogen-bond donors (Lipinski definition) is 2. The standard InChI is InChI=1S/C8H7F7O4S/c9-6(10,7(11,12)8(13,14)15)3(1-4(16)17)20-2-5(18)19/h3H,1-2H2,(H,16,17)(H,18,19)/t3-/m0/s1. The third-order valence-electron chi connectivity index (χ3n) is 1.95. The summed E-state index contributed by atoms with van der Waals surface area (Å²) < 4.78 is 87.6. The van der Waals surface area contributed by atoms with Gasteiger partial charge in [-0.25, -0.2) is 0 Å². The molecule has 2 N–H and O–H groups in total. The van der Waals surface area contributed by atoms with Crippen molar-refractivity contribution in [2.45, 2.75) is 29.7 Å². The Balaban J connectivity index is 5.40. The highest BCUT2D eigenvalue weighted by Gasteiger charge is 2.75. The average Bonchev–Trinajstić information content (AvgIpc) is 2.21. The molecule has 0 aliphatic carbocycles. The summed E-state index contributed by atoms with van der Waals surface area (Å²) >= 11 is -0.502. The first-order chi connectivity index (χ1) is 8.73. The van der Waals surface area contributed by atoms with Crippen molar-refractivity contribution >= 4 is 23.7 Å². The van der Waals surface area contributed by atoms with E-state index in [1.54, 1.807) is 0 Å². The van der Waals surface area contributed by atoms with Crippen molar-refractivity contribution in [1.82, 2.24) is 0 Å². The zero-order valence-corrected chi connectivity index (χ0v) is 10.1. The second kappa shape index (κ2) is 6.06. The molecule has 0 aliphatic rings. The highest BCUT2D eigenvalue weighted by Crippen LogP contribution is 2.51. The summed E-state index contributed by atoms with van der Waals surface area (Å²) in [6.45, 7) is 0. The van der Waals surface area contributed by atoms with Crippen molar-refractivity contribution in [3.63, 3.8) is 0 Å². The number of carbonyl (C=O) groups is 2. The van der Waals surface area contributed by atoms with Crippen LogP contribution in [0.15, 0.2) is 0 Å². The van der Waals surface area contributed by atoms with E-state index < -0.39 is 59.1 Å². The molecule has 1 atom stereocenters. The molecule has 0 spiro atoms. The van der Waals surface area contributed by atoms with Crippen LogP contribution in [0, 0.1) is 0 Å². The maximum absolute atomic E-state index is 13.2. The molecule has 0 fully saturated rings. The first kappa shape index (κ1) is 18.8. The van der Waals surface area contributed by atoms with E-state index >= 15 is 0 Å². The molecule has 0 bridgehead atoms. The number of thioether (sulfide) groups is 1. The third kappa shape index (κ3) is 4.15. The molecule has 0 aliphatic heterocycles. The molecule has 20 heavy (non-hydrogen) atoms. The molecule has 0 rings (SSSR count). The maximum Gasteiger partial charge on any atom is 0.459 e. The van der Waals surface area contributed by atoms with E-state index in [0.29, 0.717) is 0 Å². The second-order valence-corrected chi connectivity index (χ2v) is 4.68. The maximum atomic E-state index is 13.2. The Labute approximate surface area is 110 Å². The molecule has 0 saturated heterocycles. The van der Waals surface area contributed by atoms with E-state index in [4.69, 9.17) is 10.2 Å². The lowest BCUT2D eigenvalue weighted by Crippen LogP contribution is -2.57. The van der Waals surface area contributed by atoms with Crippen LogP contribution in [0.1, 0.15) is 6.42 Å². The number of aliphatic carboxylic acids is 2. The van der Waals surface area contributed by atoms with Gasteiger partial charge < -0.3 is 10.2 Å². The van der Waals surface area contributed by atoms with Crippen LogP contribution in [-0.2, 0) is 9.59 Å². The predicted octanol–water partition coefficient (Wildman–Crippen LogP) is 2.48. The first-order valence-electron chi connectivity index (χ1n) is 4.61. The quantitative estimate of drug-likeness (QED) is 0.701. The van der Waals surface area contributed by atoms with Crippen LogP contribution in [0.25, 0.3) is 0 Å². The summed E-state index contributed by atoms with van der Waals surface area (Å²) in [4.78, 5) is 20.4. The van der Waals surface area contributed by atoms with Gasteiger partial charge in [0.15, 0.2) is 0 Å². The van der Waals surface area contributed by atoms with Gasteiger partial charge in [-0.1, -0.05) is 0 Å². The van der Waals surface area contributed by atoms with Gasteiger partial charge in [-0.15, -0.1) is 11.8 Å². The molecule has 12 heteroatoms. The molecule has 0 saturated carbocycles. The zero-order valence-electron chi connectivity index (χ0n) is 9.26. The predicted molar refractivity (Wildman–Crippen MR) is 52.1 cm³/mol. The zero-order chi connectivity index (χ0) is 16.4. The third-order valence-corrected chi connectivity index (χ3v) is 3.23. The van der Waals surface area contributed by atoms with Gasteiger partial charge in [0.1, 0.15) is 0 Å². The van der Waals surface area contributed by atoms with Crippen molar-refractivity contribution < 1.29 is 50.5 Å².